The molecule has 0 aliphatic heterocycles. The van der Waals surface area contributed by atoms with E-state index in [1.165, 1.54) is 0 Å². The first-order valence-electron chi connectivity index (χ1n) is 2.39. The highest BCUT2D eigenvalue weighted by Crippen LogP contribution is 1.79. The fraction of sp³-hybridized carbons (Fsp3) is 0.600. The number of nitrogens with two attached hydrogens (primary N) is 2. The van der Waals surface area contributed by atoms with E-state index in [2.05, 4.69) is 0 Å². The number of hydrogen-bond acceptors (Lipinski definition) is 2. The maximum absolute atomic E-state index is 5.20. The highest BCUT2D eigenvalue weighted by molar-refractivity contribution is 4.79. The zero-order valence-electron chi connectivity index (χ0n) is 4.59. The molecule has 0 saturated heterocycles. The summed E-state index contributed by atoms with van der Waals surface area (Å²) in [6, 6.07) is 0. The van der Waals surface area contributed by atoms with Gasteiger partial charge in [-0.3, -0.25) is 0 Å². The van der Waals surface area contributed by atoms with Crippen LogP contribution >= 0.6 is 0 Å². The minimum Gasteiger partial charge on any atom is -0.316 e. The average molecular weight is 100 g/mol. The second-order valence-corrected chi connectivity index (χ2v) is 1.47. The van der Waals surface area contributed by atoms with Gasteiger partial charge in [0.15, 0.2) is 0 Å². The molecule has 0 radical (unpaired) electrons. The fourth-order valence-electron chi connectivity index (χ4n) is 0.293. The van der Waals surface area contributed by atoms with E-state index in [1.54, 1.807) is 0 Å². The minimum atomic E-state index is -0.184. The maximum atomic E-state index is 5.20. The van der Waals surface area contributed by atoms with E-state index in [4.69, 9.17) is 11.5 Å². The summed E-state index contributed by atoms with van der Waals surface area (Å²) in [5.41, 5.74) is 10.4. The topological polar surface area (TPSA) is 52.0 Å². The van der Waals surface area contributed by atoms with E-state index in [0.717, 1.165) is 6.42 Å². The summed E-state index contributed by atoms with van der Waals surface area (Å²) in [6.07, 6.45) is 4.48. The van der Waals surface area contributed by atoms with Gasteiger partial charge in [0, 0.05) is 0 Å². The van der Waals surface area contributed by atoms with Crippen molar-refractivity contribution >= 4 is 0 Å². The Labute approximate surface area is 44.2 Å². The van der Waals surface area contributed by atoms with Crippen LogP contribution in [-0.4, -0.2) is 6.17 Å². The van der Waals surface area contributed by atoms with Crippen molar-refractivity contribution in [2.24, 2.45) is 11.5 Å². The summed E-state index contributed by atoms with van der Waals surface area (Å²) in [4.78, 5) is 0. The van der Waals surface area contributed by atoms with Crippen LogP contribution in [0.5, 0.6) is 0 Å². The normalized spacial score (nSPS) is 11.4. The third-order valence-electron chi connectivity index (χ3n) is 0.644. The Morgan fingerprint density at radius 2 is 2.14 bits per heavy atom. The van der Waals surface area contributed by atoms with Crippen molar-refractivity contribution in [1.82, 2.24) is 0 Å². The molecule has 0 rings (SSSR count). The van der Waals surface area contributed by atoms with Gasteiger partial charge in [0.2, 0.25) is 0 Å². The summed E-state index contributed by atoms with van der Waals surface area (Å²) in [5, 5.41) is 0. The first kappa shape index (κ1) is 6.66. The Balaban J connectivity index is 2.97. The molecule has 0 heterocycles. The van der Waals surface area contributed by atoms with E-state index >= 15 is 0 Å². The summed E-state index contributed by atoms with van der Waals surface area (Å²) in [5.74, 6) is 0. The summed E-state index contributed by atoms with van der Waals surface area (Å²) >= 11 is 0. The van der Waals surface area contributed by atoms with Crippen LogP contribution in [0.3, 0.4) is 0 Å². The standard InChI is InChI=1S/C5H12N2/c1-2-3-4-5(6)7/h2-3,5H,4,6-7H2,1H3/b3-2-. The van der Waals surface area contributed by atoms with Gasteiger partial charge in [-0.25, -0.2) is 0 Å². The maximum Gasteiger partial charge on any atom is 0.0556 e. The second-order valence-electron chi connectivity index (χ2n) is 1.47. The van der Waals surface area contributed by atoms with Crippen molar-refractivity contribution < 1.29 is 0 Å². The third-order valence-corrected chi connectivity index (χ3v) is 0.644. The number of hydrogen-bond donors (Lipinski definition) is 2. The molecule has 0 fully saturated rings. The van der Waals surface area contributed by atoms with Crippen LogP contribution in [0.2, 0.25) is 0 Å². The van der Waals surface area contributed by atoms with Crippen LogP contribution in [0, 0.1) is 0 Å². The lowest BCUT2D eigenvalue weighted by Crippen LogP contribution is -2.29. The monoisotopic (exact) mass is 100 g/mol. The summed E-state index contributed by atoms with van der Waals surface area (Å²) < 4.78 is 0. The molecule has 42 valence electrons. The molecule has 0 aliphatic carbocycles. The lowest BCUT2D eigenvalue weighted by atomic mass is 10.3. The third kappa shape index (κ3) is 5.66. The Morgan fingerprint density at radius 3 is 2.29 bits per heavy atom. The van der Waals surface area contributed by atoms with Crippen LogP contribution in [0.25, 0.3) is 0 Å². The Hall–Kier alpha value is -0.340. The fourth-order valence-corrected chi connectivity index (χ4v) is 0.293. The average Bonchev–Trinajstić information content (AvgIpc) is 1.61. The predicted octanol–water partition coefficient (Wildman–Crippen LogP) is 0.196. The van der Waals surface area contributed by atoms with E-state index in [0.29, 0.717) is 0 Å². The molecule has 0 spiro atoms. The predicted molar refractivity (Wildman–Crippen MR) is 31.6 cm³/mol. The van der Waals surface area contributed by atoms with Gasteiger partial charge in [0.25, 0.3) is 0 Å². The molecular weight excluding hydrogens is 88.1 g/mol. The first-order valence-corrected chi connectivity index (χ1v) is 2.39. The van der Waals surface area contributed by atoms with Crippen molar-refractivity contribution in [3.05, 3.63) is 12.2 Å². The molecule has 0 aromatic heterocycles. The Morgan fingerprint density at radius 1 is 1.57 bits per heavy atom. The number of rotatable bonds is 2. The van der Waals surface area contributed by atoms with Gasteiger partial charge in [0.1, 0.15) is 0 Å². The minimum absolute atomic E-state index is 0.184. The SMILES string of the molecule is C/C=C\CC(N)N. The molecule has 0 amide bonds. The van der Waals surface area contributed by atoms with Crippen LogP contribution < -0.4 is 11.5 Å². The summed E-state index contributed by atoms with van der Waals surface area (Å²) in [6.45, 7) is 1.95. The molecular formula is C5H12N2. The molecule has 0 aliphatic rings. The summed E-state index contributed by atoms with van der Waals surface area (Å²) in [7, 11) is 0. The van der Waals surface area contributed by atoms with Crippen molar-refractivity contribution in [2.75, 3.05) is 0 Å². The van der Waals surface area contributed by atoms with Crippen LogP contribution in [-0.2, 0) is 0 Å². The van der Waals surface area contributed by atoms with Crippen molar-refractivity contribution in [3.63, 3.8) is 0 Å². The van der Waals surface area contributed by atoms with Gasteiger partial charge in [-0.2, -0.15) is 0 Å². The van der Waals surface area contributed by atoms with E-state index in [1.807, 2.05) is 19.1 Å². The largest absolute Gasteiger partial charge is 0.316 e. The highest BCUT2D eigenvalue weighted by Gasteiger charge is 1.83. The molecule has 0 saturated carbocycles. The molecule has 7 heavy (non-hydrogen) atoms. The zero-order valence-corrected chi connectivity index (χ0v) is 4.59. The van der Waals surface area contributed by atoms with Crippen LogP contribution in [0.4, 0.5) is 0 Å². The van der Waals surface area contributed by atoms with Crippen molar-refractivity contribution in [2.45, 2.75) is 19.5 Å². The number of allylic oxidation sites excluding steroid dienone is 1. The second kappa shape index (κ2) is 3.84. The molecule has 0 atom stereocenters. The molecule has 0 aromatic carbocycles. The van der Waals surface area contributed by atoms with Gasteiger partial charge in [-0.05, 0) is 13.3 Å². The van der Waals surface area contributed by atoms with Gasteiger partial charge in [-0.1, -0.05) is 12.2 Å². The van der Waals surface area contributed by atoms with E-state index in [9.17, 15) is 0 Å². The van der Waals surface area contributed by atoms with E-state index in [-0.39, 0.29) is 6.17 Å². The van der Waals surface area contributed by atoms with Crippen LogP contribution in [0.1, 0.15) is 13.3 Å². The molecule has 4 N–H and O–H groups in total. The zero-order chi connectivity index (χ0) is 5.70. The Kier molecular flexibility index (Phi) is 3.65. The van der Waals surface area contributed by atoms with E-state index < -0.39 is 0 Å². The lowest BCUT2D eigenvalue weighted by molar-refractivity contribution is 0.720. The van der Waals surface area contributed by atoms with Gasteiger partial charge >= 0.3 is 0 Å². The van der Waals surface area contributed by atoms with Crippen LogP contribution in [0.15, 0.2) is 12.2 Å². The Bertz CT molecular complexity index is 57.1. The highest BCUT2D eigenvalue weighted by atomic mass is 14.8. The molecule has 2 nitrogen and oxygen atoms in total. The molecule has 0 bridgehead atoms. The molecule has 2 heteroatoms. The molecule has 0 unspecified atom stereocenters. The smallest absolute Gasteiger partial charge is 0.0556 e. The van der Waals surface area contributed by atoms with Crippen molar-refractivity contribution in [1.29, 1.82) is 0 Å². The quantitative estimate of drug-likeness (QED) is 0.384. The van der Waals surface area contributed by atoms with Gasteiger partial charge in [0.05, 0.1) is 6.17 Å². The first-order chi connectivity index (χ1) is 3.27. The van der Waals surface area contributed by atoms with Gasteiger partial charge in [-0.15, -0.1) is 0 Å². The van der Waals surface area contributed by atoms with Gasteiger partial charge < -0.3 is 11.5 Å². The molecule has 0 aromatic rings. The van der Waals surface area contributed by atoms with Crippen molar-refractivity contribution in [3.8, 4) is 0 Å². The lowest BCUT2D eigenvalue weighted by Gasteiger charge is -1.95.